The summed E-state index contributed by atoms with van der Waals surface area (Å²) in [6.45, 7) is 3.34. The predicted octanol–water partition coefficient (Wildman–Crippen LogP) is 4.36. The molecule has 0 atom stereocenters. The predicted molar refractivity (Wildman–Crippen MR) is 113 cm³/mol. The summed E-state index contributed by atoms with van der Waals surface area (Å²) in [6.07, 6.45) is 1.25. The van der Waals surface area contributed by atoms with Gasteiger partial charge >= 0.3 is 0 Å². The van der Waals surface area contributed by atoms with E-state index in [0.29, 0.717) is 49.3 Å². The molecule has 0 saturated carbocycles. The molecule has 0 unspecified atom stereocenters. The zero-order valence-corrected chi connectivity index (χ0v) is 18.1. The third-order valence-corrected chi connectivity index (χ3v) is 7.28. The standard InChI is InChI=1S/C21H22ClN3O4S/c1-2-28-18-7-3-15(4-8-18)20-23-21(29-24-20)16-11-13-25(14-12-16)30(26,27)19-9-5-17(22)6-10-19/h3-10,16H,2,11-14H2,1H3. The van der Waals surface area contributed by atoms with Gasteiger partial charge in [-0.3, -0.25) is 0 Å². The molecule has 0 bridgehead atoms. The van der Waals surface area contributed by atoms with Crippen molar-refractivity contribution in [2.24, 2.45) is 0 Å². The molecule has 158 valence electrons. The number of sulfonamides is 1. The van der Waals surface area contributed by atoms with Crippen molar-refractivity contribution in [2.45, 2.75) is 30.6 Å². The smallest absolute Gasteiger partial charge is 0.243 e. The van der Waals surface area contributed by atoms with Crippen molar-refractivity contribution in [3.8, 4) is 17.1 Å². The second-order valence-corrected chi connectivity index (χ2v) is 9.42. The van der Waals surface area contributed by atoms with E-state index in [1.165, 1.54) is 16.4 Å². The average molecular weight is 448 g/mol. The molecule has 0 amide bonds. The average Bonchev–Trinajstić information content (AvgIpc) is 3.25. The quantitative estimate of drug-likeness (QED) is 0.558. The summed E-state index contributed by atoms with van der Waals surface area (Å²) >= 11 is 5.86. The van der Waals surface area contributed by atoms with E-state index in [9.17, 15) is 8.42 Å². The molecular formula is C21H22ClN3O4S. The molecule has 0 spiro atoms. The normalized spacial score (nSPS) is 15.9. The fraction of sp³-hybridized carbons (Fsp3) is 0.333. The van der Waals surface area contributed by atoms with Crippen LogP contribution in [0, 0.1) is 0 Å². The van der Waals surface area contributed by atoms with Crippen molar-refractivity contribution < 1.29 is 17.7 Å². The molecule has 0 N–H and O–H groups in total. The molecule has 1 fully saturated rings. The zero-order valence-electron chi connectivity index (χ0n) is 16.5. The van der Waals surface area contributed by atoms with Crippen LogP contribution in [-0.2, 0) is 10.0 Å². The van der Waals surface area contributed by atoms with Crippen molar-refractivity contribution in [1.82, 2.24) is 14.4 Å². The fourth-order valence-corrected chi connectivity index (χ4v) is 5.08. The lowest BCUT2D eigenvalue weighted by atomic mass is 9.98. The molecule has 30 heavy (non-hydrogen) atoms. The lowest BCUT2D eigenvalue weighted by Crippen LogP contribution is -2.37. The Labute approximate surface area is 180 Å². The van der Waals surface area contributed by atoms with Crippen LogP contribution in [0.25, 0.3) is 11.4 Å². The lowest BCUT2D eigenvalue weighted by molar-refractivity contribution is 0.271. The van der Waals surface area contributed by atoms with Gasteiger partial charge in [-0.2, -0.15) is 9.29 Å². The van der Waals surface area contributed by atoms with E-state index in [4.69, 9.17) is 20.9 Å². The number of ether oxygens (including phenoxy) is 1. The second kappa shape index (κ2) is 8.75. The number of rotatable bonds is 6. The minimum atomic E-state index is -3.53. The Kier molecular flexibility index (Phi) is 6.08. The maximum atomic E-state index is 12.8. The number of hydrogen-bond donors (Lipinski definition) is 0. The van der Waals surface area contributed by atoms with Gasteiger partial charge in [0, 0.05) is 29.6 Å². The van der Waals surface area contributed by atoms with Crippen molar-refractivity contribution in [1.29, 1.82) is 0 Å². The minimum absolute atomic E-state index is 0.0330. The summed E-state index contributed by atoms with van der Waals surface area (Å²) in [5.74, 6) is 1.89. The van der Waals surface area contributed by atoms with Crippen LogP contribution < -0.4 is 4.74 Å². The van der Waals surface area contributed by atoms with Gasteiger partial charge in [-0.25, -0.2) is 8.42 Å². The lowest BCUT2D eigenvalue weighted by Gasteiger charge is -2.29. The van der Waals surface area contributed by atoms with Gasteiger partial charge in [-0.15, -0.1) is 0 Å². The number of hydrogen-bond acceptors (Lipinski definition) is 6. The highest BCUT2D eigenvalue weighted by atomic mass is 35.5. The van der Waals surface area contributed by atoms with Crippen molar-refractivity contribution >= 4 is 21.6 Å². The first-order valence-electron chi connectivity index (χ1n) is 9.80. The number of benzene rings is 2. The summed E-state index contributed by atoms with van der Waals surface area (Å²) in [6, 6.07) is 13.8. The second-order valence-electron chi connectivity index (χ2n) is 7.05. The maximum absolute atomic E-state index is 12.8. The van der Waals surface area contributed by atoms with Crippen LogP contribution in [0.4, 0.5) is 0 Å². The first-order chi connectivity index (χ1) is 14.5. The summed E-state index contributed by atoms with van der Waals surface area (Å²) in [5.41, 5.74) is 0.844. The van der Waals surface area contributed by atoms with Gasteiger partial charge in [0.15, 0.2) is 0 Å². The minimum Gasteiger partial charge on any atom is -0.494 e. The first-order valence-corrected chi connectivity index (χ1v) is 11.6. The largest absolute Gasteiger partial charge is 0.494 e. The number of nitrogens with zero attached hydrogens (tertiary/aromatic N) is 3. The van der Waals surface area contributed by atoms with Crippen LogP contribution in [0.5, 0.6) is 5.75 Å². The van der Waals surface area contributed by atoms with E-state index in [1.54, 1.807) is 12.1 Å². The molecule has 2 heterocycles. The van der Waals surface area contributed by atoms with E-state index in [-0.39, 0.29) is 10.8 Å². The summed E-state index contributed by atoms with van der Waals surface area (Å²) in [7, 11) is -3.53. The van der Waals surface area contributed by atoms with Gasteiger partial charge in [0.05, 0.1) is 11.5 Å². The monoisotopic (exact) mass is 447 g/mol. The molecule has 1 aliphatic heterocycles. The van der Waals surface area contributed by atoms with E-state index >= 15 is 0 Å². The third-order valence-electron chi connectivity index (χ3n) is 5.12. The van der Waals surface area contributed by atoms with Gasteiger partial charge in [0.25, 0.3) is 0 Å². The number of piperidine rings is 1. The third kappa shape index (κ3) is 4.35. The molecule has 1 aliphatic rings. The molecule has 9 heteroatoms. The van der Waals surface area contributed by atoms with E-state index < -0.39 is 10.0 Å². The highest BCUT2D eigenvalue weighted by molar-refractivity contribution is 7.89. The van der Waals surface area contributed by atoms with E-state index in [2.05, 4.69) is 10.1 Å². The highest BCUT2D eigenvalue weighted by Gasteiger charge is 2.32. The Balaban J connectivity index is 1.41. The van der Waals surface area contributed by atoms with Crippen molar-refractivity contribution in [2.75, 3.05) is 19.7 Å². The summed E-state index contributed by atoms with van der Waals surface area (Å²) in [4.78, 5) is 4.78. The van der Waals surface area contributed by atoms with Gasteiger partial charge in [0.1, 0.15) is 5.75 Å². The molecule has 1 aromatic heterocycles. The number of aromatic nitrogens is 2. The van der Waals surface area contributed by atoms with Gasteiger partial charge in [0.2, 0.25) is 21.7 Å². The van der Waals surface area contributed by atoms with E-state index in [1.807, 2.05) is 31.2 Å². The van der Waals surface area contributed by atoms with Crippen LogP contribution in [0.15, 0.2) is 57.9 Å². The van der Waals surface area contributed by atoms with Crippen molar-refractivity contribution in [3.63, 3.8) is 0 Å². The molecule has 1 saturated heterocycles. The molecule has 0 aliphatic carbocycles. The topological polar surface area (TPSA) is 85.5 Å². The van der Waals surface area contributed by atoms with Gasteiger partial charge in [-0.1, -0.05) is 16.8 Å². The zero-order chi connectivity index (χ0) is 21.1. The van der Waals surface area contributed by atoms with Crippen molar-refractivity contribution in [3.05, 3.63) is 59.4 Å². The first kappa shape index (κ1) is 20.8. The van der Waals surface area contributed by atoms with Crippen LogP contribution in [0.3, 0.4) is 0 Å². The molecular weight excluding hydrogens is 426 g/mol. The van der Waals surface area contributed by atoms with Crippen LogP contribution in [-0.4, -0.2) is 42.6 Å². The molecule has 4 rings (SSSR count). The summed E-state index contributed by atoms with van der Waals surface area (Å²) in [5, 5.41) is 4.60. The molecule has 0 radical (unpaired) electrons. The van der Waals surface area contributed by atoms with Crippen LogP contribution in [0.1, 0.15) is 31.6 Å². The summed E-state index contributed by atoms with van der Waals surface area (Å²) < 4.78 is 38.1. The Morgan fingerprint density at radius 3 is 2.40 bits per heavy atom. The van der Waals surface area contributed by atoms with Gasteiger partial charge in [-0.05, 0) is 68.3 Å². The number of halogens is 1. The molecule has 2 aromatic carbocycles. The highest BCUT2D eigenvalue weighted by Crippen LogP contribution is 2.31. The SMILES string of the molecule is CCOc1ccc(-c2noc(C3CCN(S(=O)(=O)c4ccc(Cl)cc4)CC3)n2)cc1. The van der Waals surface area contributed by atoms with Gasteiger partial charge < -0.3 is 9.26 Å². The Morgan fingerprint density at radius 2 is 1.77 bits per heavy atom. The Bertz CT molecular complexity index is 1090. The molecule has 7 nitrogen and oxygen atoms in total. The van der Waals surface area contributed by atoms with Crippen LogP contribution >= 0.6 is 11.6 Å². The fourth-order valence-electron chi connectivity index (χ4n) is 3.48. The van der Waals surface area contributed by atoms with E-state index in [0.717, 1.165) is 11.3 Å². The Morgan fingerprint density at radius 1 is 1.10 bits per heavy atom. The van der Waals surface area contributed by atoms with Crippen LogP contribution in [0.2, 0.25) is 5.02 Å². The Hall–Kier alpha value is -2.42. The molecule has 3 aromatic rings. The maximum Gasteiger partial charge on any atom is 0.243 e.